The van der Waals surface area contributed by atoms with E-state index in [1.54, 1.807) is 0 Å². The van der Waals surface area contributed by atoms with Gasteiger partial charge in [-0.1, -0.05) is 12.1 Å². The fraction of sp³-hybridized carbons (Fsp3) is 0.455. The first-order valence-corrected chi connectivity index (χ1v) is 5.82. The van der Waals surface area contributed by atoms with Gasteiger partial charge in [-0.05, 0) is 29.0 Å². The third-order valence-corrected chi connectivity index (χ3v) is 2.67. The molecule has 1 atom stereocenters. The summed E-state index contributed by atoms with van der Waals surface area (Å²) in [5.41, 5.74) is 1.00. The van der Waals surface area contributed by atoms with Gasteiger partial charge < -0.3 is 20.3 Å². The number of hydrogen-bond acceptors (Lipinski definition) is 4. The van der Waals surface area contributed by atoms with E-state index in [2.05, 4.69) is 21.2 Å². The average Bonchev–Trinajstić information content (AvgIpc) is 2.28. The summed E-state index contributed by atoms with van der Waals surface area (Å²) in [5, 5.41) is 21.0. The minimum absolute atomic E-state index is 0.0792. The second-order valence-electron chi connectivity index (χ2n) is 3.41. The number of benzene rings is 1. The molecule has 16 heavy (non-hydrogen) atoms. The molecule has 0 saturated carbocycles. The first-order valence-electron chi connectivity index (χ1n) is 5.02. The molecule has 0 aliphatic heterocycles. The van der Waals surface area contributed by atoms with Crippen molar-refractivity contribution < 1.29 is 14.9 Å². The molecule has 1 rings (SSSR count). The van der Waals surface area contributed by atoms with Crippen molar-refractivity contribution in [1.29, 1.82) is 0 Å². The van der Waals surface area contributed by atoms with Gasteiger partial charge in [0, 0.05) is 12.1 Å². The Labute approximate surface area is 103 Å². The van der Waals surface area contributed by atoms with Crippen LogP contribution in [0.5, 0.6) is 5.75 Å². The third kappa shape index (κ3) is 3.75. The summed E-state index contributed by atoms with van der Waals surface area (Å²) < 4.78 is 6.31. The highest BCUT2D eigenvalue weighted by Gasteiger charge is 2.10. The summed E-state index contributed by atoms with van der Waals surface area (Å²) in [5.74, 6) is 0.698. The molecule has 1 aromatic carbocycles. The highest BCUT2D eigenvalue weighted by Crippen LogP contribution is 2.29. The van der Waals surface area contributed by atoms with Crippen molar-refractivity contribution >= 4 is 15.9 Å². The van der Waals surface area contributed by atoms with Crippen LogP contribution >= 0.6 is 15.9 Å². The highest BCUT2D eigenvalue weighted by molar-refractivity contribution is 9.10. The van der Waals surface area contributed by atoms with E-state index >= 15 is 0 Å². The van der Waals surface area contributed by atoms with Crippen molar-refractivity contribution in [2.24, 2.45) is 0 Å². The van der Waals surface area contributed by atoms with Crippen molar-refractivity contribution in [2.75, 3.05) is 20.3 Å². The minimum atomic E-state index is -0.852. The molecule has 0 saturated heterocycles. The summed E-state index contributed by atoms with van der Waals surface area (Å²) in [4.78, 5) is 0. The molecule has 3 N–H and O–H groups in total. The van der Waals surface area contributed by atoms with Crippen LogP contribution < -0.4 is 10.1 Å². The number of para-hydroxylation sites is 1. The zero-order valence-electron chi connectivity index (χ0n) is 9.11. The molecule has 0 fully saturated rings. The number of nitrogens with one attached hydrogen (secondary N) is 1. The standard InChI is InChI=1S/C11H16BrNO3/c1-13-5-8-3-2-4-10(12)11(8)16-7-9(15)6-14/h2-4,9,13-15H,5-7H2,1H3. The van der Waals surface area contributed by atoms with Crippen LogP contribution in [0.2, 0.25) is 0 Å². The predicted octanol–water partition coefficient (Wildman–Crippen LogP) is 0.900. The quantitative estimate of drug-likeness (QED) is 0.728. The van der Waals surface area contributed by atoms with Crippen LogP contribution in [0.25, 0.3) is 0 Å². The Kier molecular flexibility index (Phi) is 5.76. The Balaban J connectivity index is 2.75. The van der Waals surface area contributed by atoms with Crippen LogP contribution in [-0.2, 0) is 6.54 Å². The molecule has 1 unspecified atom stereocenters. The number of ether oxygens (including phenoxy) is 1. The molecule has 4 nitrogen and oxygen atoms in total. The van der Waals surface area contributed by atoms with Crippen molar-refractivity contribution in [1.82, 2.24) is 5.32 Å². The van der Waals surface area contributed by atoms with E-state index in [9.17, 15) is 5.11 Å². The molecule has 0 aromatic heterocycles. The van der Waals surface area contributed by atoms with Crippen LogP contribution in [0, 0.1) is 0 Å². The lowest BCUT2D eigenvalue weighted by molar-refractivity contribution is 0.0530. The molecule has 1 aromatic rings. The van der Waals surface area contributed by atoms with E-state index in [1.165, 1.54) is 0 Å². The van der Waals surface area contributed by atoms with E-state index in [0.717, 1.165) is 10.0 Å². The fourth-order valence-corrected chi connectivity index (χ4v) is 1.80. The number of aliphatic hydroxyl groups excluding tert-OH is 2. The van der Waals surface area contributed by atoms with Crippen molar-refractivity contribution in [3.05, 3.63) is 28.2 Å². The predicted molar refractivity (Wildman–Crippen MR) is 65.5 cm³/mol. The maximum absolute atomic E-state index is 9.22. The second kappa shape index (κ2) is 6.85. The van der Waals surface area contributed by atoms with Gasteiger partial charge in [0.05, 0.1) is 11.1 Å². The Morgan fingerprint density at radius 3 is 2.88 bits per heavy atom. The SMILES string of the molecule is CNCc1cccc(Br)c1OCC(O)CO. The van der Waals surface area contributed by atoms with Crippen LogP contribution in [0.15, 0.2) is 22.7 Å². The van der Waals surface area contributed by atoms with Gasteiger partial charge in [-0.15, -0.1) is 0 Å². The average molecular weight is 290 g/mol. The molecule has 0 aliphatic carbocycles. The molecular formula is C11H16BrNO3. The molecule has 90 valence electrons. The molecule has 0 amide bonds. The van der Waals surface area contributed by atoms with Gasteiger partial charge in [0.25, 0.3) is 0 Å². The summed E-state index contributed by atoms with van der Waals surface area (Å²) in [6, 6.07) is 5.74. The third-order valence-electron chi connectivity index (χ3n) is 2.05. The van der Waals surface area contributed by atoms with Crippen LogP contribution in [0.3, 0.4) is 0 Å². The fourth-order valence-electron chi connectivity index (χ4n) is 1.28. The number of hydrogen-bond donors (Lipinski definition) is 3. The van der Waals surface area contributed by atoms with E-state index in [4.69, 9.17) is 9.84 Å². The molecule has 0 aliphatic rings. The lowest BCUT2D eigenvalue weighted by atomic mass is 10.2. The van der Waals surface area contributed by atoms with Crippen molar-refractivity contribution in [3.8, 4) is 5.75 Å². The zero-order valence-corrected chi connectivity index (χ0v) is 10.7. The smallest absolute Gasteiger partial charge is 0.138 e. The number of halogens is 1. The zero-order chi connectivity index (χ0) is 12.0. The Hall–Kier alpha value is -0.620. The van der Waals surface area contributed by atoms with Gasteiger partial charge in [0.2, 0.25) is 0 Å². The summed E-state index contributed by atoms with van der Waals surface area (Å²) in [6.45, 7) is 0.464. The van der Waals surface area contributed by atoms with Gasteiger partial charge in [-0.2, -0.15) is 0 Å². The van der Waals surface area contributed by atoms with Crippen LogP contribution in [0.1, 0.15) is 5.56 Å². The molecule has 5 heteroatoms. The van der Waals surface area contributed by atoms with Gasteiger partial charge in [-0.25, -0.2) is 0 Å². The lowest BCUT2D eigenvalue weighted by Gasteiger charge is -2.15. The van der Waals surface area contributed by atoms with Gasteiger partial charge in [0.1, 0.15) is 18.5 Å². The Morgan fingerprint density at radius 1 is 1.50 bits per heavy atom. The first kappa shape index (κ1) is 13.4. The summed E-state index contributed by atoms with van der Waals surface area (Å²) in [6.07, 6.45) is -0.852. The molecule has 0 radical (unpaired) electrons. The lowest BCUT2D eigenvalue weighted by Crippen LogP contribution is -2.22. The first-order chi connectivity index (χ1) is 7.69. The van der Waals surface area contributed by atoms with Crippen LogP contribution in [0.4, 0.5) is 0 Å². The second-order valence-corrected chi connectivity index (χ2v) is 4.26. The molecule has 0 heterocycles. The maximum atomic E-state index is 9.22. The van der Waals surface area contributed by atoms with Crippen molar-refractivity contribution in [3.63, 3.8) is 0 Å². The Bertz CT molecular complexity index is 333. The molecular weight excluding hydrogens is 274 g/mol. The molecule has 0 spiro atoms. The van der Waals surface area contributed by atoms with E-state index in [-0.39, 0.29) is 13.2 Å². The highest BCUT2D eigenvalue weighted by atomic mass is 79.9. The number of rotatable bonds is 6. The summed E-state index contributed by atoms with van der Waals surface area (Å²) in [7, 11) is 1.85. The summed E-state index contributed by atoms with van der Waals surface area (Å²) >= 11 is 3.39. The van der Waals surface area contributed by atoms with Crippen LogP contribution in [-0.4, -0.2) is 36.6 Å². The van der Waals surface area contributed by atoms with Gasteiger partial charge >= 0.3 is 0 Å². The van der Waals surface area contributed by atoms with Gasteiger partial charge in [0.15, 0.2) is 0 Å². The Morgan fingerprint density at radius 2 is 2.25 bits per heavy atom. The normalized spacial score (nSPS) is 12.5. The van der Waals surface area contributed by atoms with E-state index in [1.807, 2.05) is 25.2 Å². The minimum Gasteiger partial charge on any atom is -0.489 e. The van der Waals surface area contributed by atoms with Crippen molar-refractivity contribution in [2.45, 2.75) is 12.6 Å². The molecule has 0 bridgehead atoms. The monoisotopic (exact) mass is 289 g/mol. The van der Waals surface area contributed by atoms with Gasteiger partial charge in [-0.3, -0.25) is 0 Å². The topological polar surface area (TPSA) is 61.7 Å². The largest absolute Gasteiger partial charge is 0.489 e. The van der Waals surface area contributed by atoms with E-state index in [0.29, 0.717) is 12.3 Å². The number of aliphatic hydroxyl groups is 2. The maximum Gasteiger partial charge on any atom is 0.138 e. The van der Waals surface area contributed by atoms with E-state index < -0.39 is 6.10 Å².